The summed E-state index contributed by atoms with van der Waals surface area (Å²) in [5, 5.41) is 7.74. The lowest BCUT2D eigenvalue weighted by Crippen LogP contribution is -2.24. The molecule has 0 fully saturated rings. The molecule has 202 valence electrons. The number of rotatable bonds is 4. The van der Waals surface area contributed by atoms with Crippen molar-refractivity contribution in [2.45, 2.75) is 0 Å². The van der Waals surface area contributed by atoms with Crippen molar-refractivity contribution in [3.05, 3.63) is 100 Å². The summed E-state index contributed by atoms with van der Waals surface area (Å²) in [6.45, 7) is 0. The number of benzene rings is 4. The second kappa shape index (κ2) is 9.81. The lowest BCUT2D eigenvalue weighted by molar-refractivity contribution is 0.0922. The van der Waals surface area contributed by atoms with Gasteiger partial charge in [0.15, 0.2) is 46.5 Å². The molecule has 0 saturated heterocycles. The van der Waals surface area contributed by atoms with Crippen molar-refractivity contribution in [1.82, 2.24) is 0 Å². The van der Waals surface area contributed by atoms with E-state index in [1.807, 2.05) is 0 Å². The number of fused-ring (bicyclic) bond motifs is 1. The van der Waals surface area contributed by atoms with E-state index < -0.39 is 96.8 Å². The van der Waals surface area contributed by atoms with E-state index in [1.165, 1.54) is 0 Å². The van der Waals surface area contributed by atoms with Gasteiger partial charge in [-0.3, -0.25) is 9.59 Å². The van der Waals surface area contributed by atoms with Gasteiger partial charge in [-0.2, -0.15) is 0 Å². The Morgan fingerprint density at radius 1 is 0.564 bits per heavy atom. The highest BCUT2D eigenvalue weighted by Gasteiger charge is 2.30. The molecule has 4 rings (SSSR count). The standard InChI is InChI=1S/C24H8F10N2O3/c25-12-6-14(19(29)21(31)17(12)27)35(33)23(38)9-2-1-8-5-16(37)11(4-10(8)3-9)24(39)36(34)15-7-13(26)18(28)22(32)20(15)30/h1-7,37H. The van der Waals surface area contributed by atoms with Crippen LogP contribution in [0.2, 0.25) is 0 Å². The Kier molecular flexibility index (Phi) is 6.85. The first kappa shape index (κ1) is 27.2. The van der Waals surface area contributed by atoms with Crippen molar-refractivity contribution >= 4 is 34.0 Å². The molecule has 5 nitrogen and oxygen atoms in total. The summed E-state index contributed by atoms with van der Waals surface area (Å²) in [4.78, 5) is 25.0. The van der Waals surface area contributed by atoms with E-state index in [-0.39, 0.29) is 22.9 Å². The zero-order valence-electron chi connectivity index (χ0n) is 18.5. The number of anilines is 2. The lowest BCUT2D eigenvalue weighted by Gasteiger charge is -2.16. The average Bonchev–Trinajstić information content (AvgIpc) is 2.92. The number of hydrogen-bond acceptors (Lipinski definition) is 3. The molecule has 0 aromatic heterocycles. The van der Waals surface area contributed by atoms with E-state index in [1.54, 1.807) is 0 Å². The van der Waals surface area contributed by atoms with Crippen molar-refractivity contribution in [1.29, 1.82) is 0 Å². The highest BCUT2D eigenvalue weighted by Crippen LogP contribution is 2.33. The maximum atomic E-state index is 14.6. The second-order valence-corrected chi connectivity index (χ2v) is 7.74. The van der Waals surface area contributed by atoms with Crippen LogP contribution in [0.25, 0.3) is 10.8 Å². The Labute approximate surface area is 209 Å². The normalized spacial score (nSPS) is 11.1. The Balaban J connectivity index is 1.73. The minimum absolute atomic E-state index is 0.0199. The largest absolute Gasteiger partial charge is 0.507 e. The van der Waals surface area contributed by atoms with Gasteiger partial charge in [0.1, 0.15) is 17.1 Å². The van der Waals surface area contributed by atoms with E-state index in [0.717, 1.165) is 24.3 Å². The molecule has 0 spiro atoms. The van der Waals surface area contributed by atoms with Gasteiger partial charge in [0.2, 0.25) is 0 Å². The molecule has 0 saturated carbocycles. The highest BCUT2D eigenvalue weighted by atomic mass is 19.2. The van der Waals surface area contributed by atoms with Crippen molar-refractivity contribution in [3.8, 4) is 5.75 Å². The van der Waals surface area contributed by atoms with Crippen LogP contribution in [0.15, 0.2) is 42.5 Å². The predicted molar refractivity (Wildman–Crippen MR) is 114 cm³/mol. The van der Waals surface area contributed by atoms with Gasteiger partial charge in [-0.15, -0.1) is 10.2 Å². The van der Waals surface area contributed by atoms with E-state index in [2.05, 4.69) is 0 Å². The molecule has 0 aliphatic carbocycles. The summed E-state index contributed by atoms with van der Waals surface area (Å²) >= 11 is 0. The van der Waals surface area contributed by atoms with Gasteiger partial charge in [-0.05, 0) is 35.0 Å². The maximum absolute atomic E-state index is 14.6. The topological polar surface area (TPSA) is 60.9 Å². The number of carbonyl (C=O) groups is 2. The SMILES string of the molecule is O=C(c1ccc2cc(O)c(C(=O)N(F)c3cc(F)c(F)c(F)c3F)cc2c1)N(F)c1cc(F)c(F)c(F)c1F. The number of amides is 2. The lowest BCUT2D eigenvalue weighted by atomic mass is 10.0. The van der Waals surface area contributed by atoms with Gasteiger partial charge in [-0.1, -0.05) is 15.0 Å². The Bertz CT molecular complexity index is 1700. The van der Waals surface area contributed by atoms with Gasteiger partial charge in [-0.25, -0.2) is 35.1 Å². The third-order valence-electron chi connectivity index (χ3n) is 5.38. The number of carbonyl (C=O) groups excluding carboxylic acids is 2. The van der Waals surface area contributed by atoms with Crippen LogP contribution < -0.4 is 10.2 Å². The first-order valence-electron chi connectivity index (χ1n) is 10.2. The molecule has 1 N–H and O–H groups in total. The molecule has 0 atom stereocenters. The Hall–Kier alpha value is -4.82. The quantitative estimate of drug-likeness (QED) is 0.130. The van der Waals surface area contributed by atoms with E-state index in [9.17, 15) is 58.8 Å². The second-order valence-electron chi connectivity index (χ2n) is 7.74. The zero-order valence-corrected chi connectivity index (χ0v) is 18.5. The molecule has 4 aromatic rings. The van der Waals surface area contributed by atoms with Crippen LogP contribution >= 0.6 is 0 Å². The molecule has 0 bridgehead atoms. The Morgan fingerprint density at radius 2 is 1.05 bits per heavy atom. The summed E-state index contributed by atoms with van der Waals surface area (Å²) in [5.74, 6) is -22.5. The molecular formula is C24H8F10N2O3. The maximum Gasteiger partial charge on any atom is 0.290 e. The van der Waals surface area contributed by atoms with Crippen LogP contribution in [-0.2, 0) is 0 Å². The summed E-state index contributed by atoms with van der Waals surface area (Å²) in [6, 6.07) is 3.95. The summed E-state index contributed by atoms with van der Waals surface area (Å²) in [6.07, 6.45) is 0. The number of phenols is 1. The fraction of sp³-hybridized carbons (Fsp3) is 0. The van der Waals surface area contributed by atoms with Gasteiger partial charge < -0.3 is 5.11 Å². The third kappa shape index (κ3) is 4.55. The molecule has 0 aliphatic heterocycles. The van der Waals surface area contributed by atoms with E-state index >= 15 is 0 Å². The van der Waals surface area contributed by atoms with Crippen molar-refractivity contribution in [2.24, 2.45) is 0 Å². The molecule has 4 aromatic carbocycles. The average molecular weight is 562 g/mol. The third-order valence-corrected chi connectivity index (χ3v) is 5.38. The fourth-order valence-corrected chi connectivity index (χ4v) is 3.43. The smallest absolute Gasteiger partial charge is 0.290 e. The molecule has 0 unspecified atom stereocenters. The molecule has 2 amide bonds. The zero-order chi connectivity index (χ0) is 28.9. The highest BCUT2D eigenvalue weighted by molar-refractivity contribution is 6.10. The van der Waals surface area contributed by atoms with Crippen LogP contribution in [0.3, 0.4) is 0 Å². The summed E-state index contributed by atoms with van der Waals surface area (Å²) in [5.41, 5.74) is -4.95. The minimum Gasteiger partial charge on any atom is -0.507 e. The number of hydrogen-bond donors (Lipinski definition) is 1. The van der Waals surface area contributed by atoms with Gasteiger partial charge in [0.05, 0.1) is 5.56 Å². The predicted octanol–water partition coefficient (Wildman–Crippen LogP) is 6.72. The number of aromatic hydroxyl groups is 1. The number of halogens is 10. The first-order chi connectivity index (χ1) is 18.2. The van der Waals surface area contributed by atoms with Gasteiger partial charge in [0, 0.05) is 17.7 Å². The van der Waals surface area contributed by atoms with Crippen molar-refractivity contribution in [3.63, 3.8) is 0 Å². The van der Waals surface area contributed by atoms with Gasteiger partial charge >= 0.3 is 0 Å². The van der Waals surface area contributed by atoms with Crippen LogP contribution in [0, 0.1) is 46.5 Å². The number of phenolic OH excluding ortho intramolecular Hbond substituents is 1. The number of nitrogens with zero attached hydrogens (tertiary/aromatic N) is 2. The molecule has 15 heteroatoms. The monoisotopic (exact) mass is 562 g/mol. The molecular weight excluding hydrogens is 554 g/mol. The van der Waals surface area contributed by atoms with E-state index in [4.69, 9.17) is 0 Å². The minimum atomic E-state index is -2.43. The molecule has 0 heterocycles. The van der Waals surface area contributed by atoms with Crippen molar-refractivity contribution < 1.29 is 58.8 Å². The summed E-state index contributed by atoms with van der Waals surface area (Å²) in [7, 11) is 0. The van der Waals surface area contributed by atoms with Crippen LogP contribution in [0.4, 0.5) is 55.5 Å². The van der Waals surface area contributed by atoms with Crippen LogP contribution in [0.1, 0.15) is 20.7 Å². The fourth-order valence-electron chi connectivity index (χ4n) is 3.43. The Morgan fingerprint density at radius 3 is 1.56 bits per heavy atom. The first-order valence-corrected chi connectivity index (χ1v) is 10.2. The molecule has 39 heavy (non-hydrogen) atoms. The van der Waals surface area contributed by atoms with Gasteiger partial charge in [0.25, 0.3) is 11.8 Å². The van der Waals surface area contributed by atoms with Crippen LogP contribution in [-0.4, -0.2) is 16.9 Å². The van der Waals surface area contributed by atoms with Crippen molar-refractivity contribution in [2.75, 3.05) is 10.2 Å². The molecule has 0 radical (unpaired) electrons. The van der Waals surface area contributed by atoms with E-state index in [0.29, 0.717) is 6.07 Å². The van der Waals surface area contributed by atoms with Crippen LogP contribution in [0.5, 0.6) is 5.75 Å². The summed E-state index contributed by atoms with van der Waals surface area (Å²) < 4.78 is 137. The molecule has 0 aliphatic rings.